The number of fused-ring (bicyclic) bond motifs is 5. The molecule has 0 aliphatic heterocycles. The lowest BCUT2D eigenvalue weighted by Crippen LogP contribution is -2.70. The standard InChI is InChI=1S/C40H59FO8/c1-7-10-13-16-34(44)47-26-32(43)40(49-36(46)18-15-12-9-3)27(4)23-31-30-20-19-28-24-29(42)21-22-37(28,5)39(30,41)33(25-38(31,40)6)48-35(45)17-14-11-8-2/h21-22,24,27,30-31,33H,7-20,23,25-26H2,1-6H3/t27-,30?,31?,33?,37+,38+,39+,40+/m1/s1. The predicted molar refractivity (Wildman–Crippen MR) is 184 cm³/mol. The van der Waals surface area contributed by atoms with Gasteiger partial charge in [-0.1, -0.05) is 84.8 Å². The van der Waals surface area contributed by atoms with E-state index in [1.165, 1.54) is 12.2 Å². The summed E-state index contributed by atoms with van der Waals surface area (Å²) in [7, 11) is 0. The molecule has 0 aromatic heterocycles. The van der Waals surface area contributed by atoms with E-state index in [1.54, 1.807) is 13.0 Å². The van der Waals surface area contributed by atoms with Gasteiger partial charge in [0.05, 0.1) is 0 Å². The molecule has 0 bridgehead atoms. The second kappa shape index (κ2) is 16.0. The summed E-state index contributed by atoms with van der Waals surface area (Å²) in [6, 6.07) is 0. The second-order valence-electron chi connectivity index (χ2n) is 15.5. The molecule has 3 fully saturated rings. The highest BCUT2D eigenvalue weighted by molar-refractivity contribution is 6.01. The van der Waals surface area contributed by atoms with Crippen molar-refractivity contribution < 1.29 is 42.6 Å². The van der Waals surface area contributed by atoms with E-state index in [1.807, 2.05) is 34.6 Å². The lowest BCUT2D eigenvalue weighted by Gasteiger charge is -2.63. The molecule has 3 unspecified atom stereocenters. The van der Waals surface area contributed by atoms with Crippen molar-refractivity contribution in [1.82, 2.24) is 0 Å². The highest BCUT2D eigenvalue weighted by Gasteiger charge is 2.78. The molecular formula is C40H59FO8. The van der Waals surface area contributed by atoms with E-state index in [9.17, 15) is 24.0 Å². The largest absolute Gasteiger partial charge is 0.459 e. The Morgan fingerprint density at radius 2 is 1.45 bits per heavy atom. The number of rotatable bonds is 17. The van der Waals surface area contributed by atoms with Crippen LogP contribution in [0.15, 0.2) is 23.8 Å². The maximum Gasteiger partial charge on any atom is 0.306 e. The van der Waals surface area contributed by atoms with E-state index >= 15 is 4.39 Å². The van der Waals surface area contributed by atoms with Gasteiger partial charge in [0.15, 0.2) is 23.7 Å². The number of unbranched alkanes of at least 4 members (excludes halogenated alkanes) is 6. The zero-order chi connectivity index (χ0) is 36.0. The van der Waals surface area contributed by atoms with Gasteiger partial charge in [-0.25, -0.2) is 4.39 Å². The lowest BCUT2D eigenvalue weighted by atomic mass is 9.44. The van der Waals surface area contributed by atoms with Gasteiger partial charge in [-0.3, -0.25) is 24.0 Å². The lowest BCUT2D eigenvalue weighted by molar-refractivity contribution is -0.236. The van der Waals surface area contributed by atoms with E-state index in [4.69, 9.17) is 14.2 Å². The van der Waals surface area contributed by atoms with Gasteiger partial charge in [0.25, 0.3) is 0 Å². The molecule has 0 aromatic carbocycles. The van der Waals surface area contributed by atoms with Gasteiger partial charge in [0.2, 0.25) is 5.78 Å². The summed E-state index contributed by atoms with van der Waals surface area (Å²) in [6.07, 6.45) is 12.1. The third kappa shape index (κ3) is 7.19. The summed E-state index contributed by atoms with van der Waals surface area (Å²) in [6.45, 7) is 11.1. The molecule has 0 radical (unpaired) electrons. The van der Waals surface area contributed by atoms with Gasteiger partial charge in [-0.05, 0) is 69.9 Å². The fourth-order valence-corrected chi connectivity index (χ4v) is 9.82. The first-order valence-corrected chi connectivity index (χ1v) is 19.0. The Bertz CT molecular complexity index is 1320. The van der Waals surface area contributed by atoms with Crippen LogP contribution in [0.4, 0.5) is 4.39 Å². The smallest absolute Gasteiger partial charge is 0.306 e. The minimum absolute atomic E-state index is 0.0579. The minimum atomic E-state index is -2.07. The first kappa shape index (κ1) is 39.0. The Kier molecular flexibility index (Phi) is 12.7. The summed E-state index contributed by atoms with van der Waals surface area (Å²) in [5.74, 6) is -3.80. The van der Waals surface area contributed by atoms with Crippen LogP contribution in [0.25, 0.3) is 0 Å². The Morgan fingerprint density at radius 3 is 2.06 bits per heavy atom. The molecule has 4 aliphatic carbocycles. The average molecular weight is 687 g/mol. The van der Waals surface area contributed by atoms with Crippen LogP contribution in [0.2, 0.25) is 0 Å². The van der Waals surface area contributed by atoms with Crippen LogP contribution < -0.4 is 0 Å². The summed E-state index contributed by atoms with van der Waals surface area (Å²) in [5, 5.41) is 0. The van der Waals surface area contributed by atoms with Crippen LogP contribution in [0.5, 0.6) is 0 Å². The fraction of sp³-hybridized carbons (Fsp3) is 0.775. The van der Waals surface area contributed by atoms with Crippen LogP contribution in [0.1, 0.15) is 144 Å². The number of hydrogen-bond acceptors (Lipinski definition) is 8. The van der Waals surface area contributed by atoms with Gasteiger partial charge in [0, 0.05) is 41.9 Å². The molecule has 274 valence electrons. The van der Waals surface area contributed by atoms with E-state index in [0.717, 1.165) is 38.5 Å². The Balaban J connectivity index is 1.79. The van der Waals surface area contributed by atoms with Crippen molar-refractivity contribution in [2.24, 2.45) is 28.6 Å². The van der Waals surface area contributed by atoms with Crippen LogP contribution in [-0.4, -0.2) is 53.5 Å². The van der Waals surface area contributed by atoms with Gasteiger partial charge >= 0.3 is 17.9 Å². The highest BCUT2D eigenvalue weighted by Crippen LogP contribution is 2.72. The van der Waals surface area contributed by atoms with Crippen molar-refractivity contribution in [2.75, 3.05) is 6.61 Å². The van der Waals surface area contributed by atoms with Gasteiger partial charge in [0.1, 0.15) is 6.10 Å². The van der Waals surface area contributed by atoms with E-state index in [-0.39, 0.29) is 31.5 Å². The molecule has 0 heterocycles. The number of esters is 3. The van der Waals surface area contributed by atoms with Crippen LogP contribution in [0, 0.1) is 28.6 Å². The number of Topliss-reactive ketones (excluding diaryl/α,β-unsaturated/α-hetero) is 1. The third-order valence-corrected chi connectivity index (χ3v) is 12.4. The Labute approximate surface area is 292 Å². The second-order valence-corrected chi connectivity index (χ2v) is 15.5. The maximum absolute atomic E-state index is 18.6. The van der Waals surface area contributed by atoms with Crippen LogP contribution in [0.3, 0.4) is 0 Å². The summed E-state index contributed by atoms with van der Waals surface area (Å²) >= 11 is 0. The number of alkyl halides is 1. The van der Waals surface area contributed by atoms with Crippen molar-refractivity contribution >= 4 is 29.5 Å². The van der Waals surface area contributed by atoms with Crippen LogP contribution in [-0.2, 0) is 38.2 Å². The quantitative estimate of drug-likeness (QED) is 0.0854. The van der Waals surface area contributed by atoms with Crippen molar-refractivity contribution in [3.05, 3.63) is 23.8 Å². The molecule has 8 atom stereocenters. The molecule has 0 amide bonds. The zero-order valence-corrected chi connectivity index (χ0v) is 30.7. The van der Waals surface area contributed by atoms with Crippen molar-refractivity contribution in [2.45, 2.75) is 162 Å². The van der Waals surface area contributed by atoms with Crippen molar-refractivity contribution in [1.29, 1.82) is 0 Å². The molecule has 0 N–H and O–H groups in total. The van der Waals surface area contributed by atoms with Crippen molar-refractivity contribution in [3.63, 3.8) is 0 Å². The topological polar surface area (TPSA) is 113 Å². The first-order valence-electron chi connectivity index (χ1n) is 19.0. The SMILES string of the molecule is CCCCCC(=O)OCC(=O)[C@@]1(OC(=O)CCCCC)[C@H](C)CC2C3CCC4=CC(=O)C=C[C@]4(C)[C@@]3(F)C(OC(=O)CCCCC)C[C@@]21C. The molecule has 4 aliphatic rings. The highest BCUT2D eigenvalue weighted by atomic mass is 19.1. The number of ether oxygens (including phenoxy) is 3. The third-order valence-electron chi connectivity index (χ3n) is 12.4. The molecule has 0 spiro atoms. The van der Waals surface area contributed by atoms with Crippen LogP contribution >= 0.6 is 0 Å². The van der Waals surface area contributed by atoms with Gasteiger partial charge < -0.3 is 14.2 Å². The monoisotopic (exact) mass is 686 g/mol. The number of ketones is 2. The molecular weight excluding hydrogens is 627 g/mol. The Morgan fingerprint density at radius 1 is 0.857 bits per heavy atom. The van der Waals surface area contributed by atoms with E-state index < -0.39 is 76.3 Å². The molecule has 8 nitrogen and oxygen atoms in total. The summed E-state index contributed by atoms with van der Waals surface area (Å²) in [5.41, 5.74) is -5.44. The number of carbonyl (C=O) groups excluding carboxylic acids is 5. The van der Waals surface area contributed by atoms with Gasteiger partial charge in [-0.2, -0.15) is 0 Å². The molecule has 0 aromatic rings. The number of halogens is 1. The normalized spacial score (nSPS) is 34.7. The number of allylic oxidation sites excluding steroid dienone is 4. The molecule has 9 heteroatoms. The molecule has 49 heavy (non-hydrogen) atoms. The van der Waals surface area contributed by atoms with E-state index in [2.05, 4.69) is 0 Å². The number of hydrogen-bond donors (Lipinski definition) is 0. The van der Waals surface area contributed by atoms with E-state index in [0.29, 0.717) is 44.1 Å². The zero-order valence-electron chi connectivity index (χ0n) is 30.7. The molecule has 4 rings (SSSR count). The summed E-state index contributed by atoms with van der Waals surface area (Å²) < 4.78 is 36.7. The van der Waals surface area contributed by atoms with Crippen molar-refractivity contribution in [3.8, 4) is 0 Å². The Hall–Kier alpha value is -2.84. The first-order chi connectivity index (χ1) is 23.2. The number of carbonyl (C=O) groups is 5. The molecule has 0 saturated heterocycles. The fourth-order valence-electron chi connectivity index (χ4n) is 9.82. The average Bonchev–Trinajstić information content (AvgIpc) is 3.27. The van der Waals surface area contributed by atoms with Gasteiger partial charge in [-0.15, -0.1) is 0 Å². The molecule has 3 saturated carbocycles. The maximum atomic E-state index is 18.6. The minimum Gasteiger partial charge on any atom is -0.459 e. The summed E-state index contributed by atoms with van der Waals surface area (Å²) in [4.78, 5) is 66.7. The predicted octanol–water partition coefficient (Wildman–Crippen LogP) is 8.29.